The van der Waals surface area contributed by atoms with Gasteiger partial charge in [0.2, 0.25) is 0 Å². The van der Waals surface area contributed by atoms with Crippen LogP contribution in [0.25, 0.3) is 11.3 Å². The van der Waals surface area contributed by atoms with E-state index >= 15 is 0 Å². The number of nitrogens with one attached hydrogen (secondary N) is 1. The molecular weight excluding hydrogens is 461 g/mol. The molecule has 3 rings (SSSR count). The lowest BCUT2D eigenvalue weighted by atomic mass is 10.1. The zero-order valence-electron chi connectivity index (χ0n) is 17.1. The molecule has 1 unspecified atom stereocenters. The highest BCUT2D eigenvalue weighted by Gasteiger charge is 2.27. The van der Waals surface area contributed by atoms with E-state index in [1.165, 1.54) is 12.0 Å². The first-order valence-corrected chi connectivity index (χ1v) is 9.95. The van der Waals surface area contributed by atoms with Crippen LogP contribution >= 0.6 is 24.0 Å². The van der Waals surface area contributed by atoms with Gasteiger partial charge in [0.05, 0.1) is 5.69 Å². The average molecular weight is 493 g/mol. The predicted octanol–water partition coefficient (Wildman–Crippen LogP) is 3.86. The lowest BCUT2D eigenvalue weighted by Crippen LogP contribution is -2.43. The van der Waals surface area contributed by atoms with E-state index < -0.39 is 0 Å². The van der Waals surface area contributed by atoms with E-state index in [1.54, 1.807) is 0 Å². The first-order chi connectivity index (χ1) is 13.2. The zero-order chi connectivity index (χ0) is 19.1. The minimum atomic E-state index is 0. The molecule has 28 heavy (non-hydrogen) atoms. The van der Waals surface area contributed by atoms with Crippen molar-refractivity contribution in [3.63, 3.8) is 0 Å². The van der Waals surface area contributed by atoms with Gasteiger partial charge in [0.1, 0.15) is 0 Å². The maximum atomic E-state index is 4.51. The Morgan fingerprint density at radius 2 is 2.04 bits per heavy atom. The molecule has 2 heterocycles. The molecule has 0 radical (unpaired) electrons. The van der Waals surface area contributed by atoms with E-state index in [9.17, 15) is 0 Å². The third-order valence-electron chi connectivity index (χ3n) is 5.34. The molecule has 0 spiro atoms. The summed E-state index contributed by atoms with van der Waals surface area (Å²) in [6.07, 6.45) is 3.04. The summed E-state index contributed by atoms with van der Waals surface area (Å²) in [5.41, 5.74) is 3.39. The molecule has 1 aromatic carbocycles. The van der Waals surface area contributed by atoms with Crippen molar-refractivity contribution in [1.82, 2.24) is 20.1 Å². The Labute approximate surface area is 186 Å². The summed E-state index contributed by atoms with van der Waals surface area (Å²) in [6, 6.07) is 15.2. The number of aliphatic imine (C=N–C) groups is 1. The van der Waals surface area contributed by atoms with Gasteiger partial charge in [-0.2, -0.15) is 0 Å². The van der Waals surface area contributed by atoms with Crippen LogP contribution in [0, 0.1) is 0 Å². The number of guanidine groups is 1. The summed E-state index contributed by atoms with van der Waals surface area (Å²) in [6.45, 7) is 9.59. The molecule has 0 amide bonds. The molecular formula is C22H32IN5. The number of rotatable bonds is 6. The van der Waals surface area contributed by atoms with Crippen LogP contribution in [0.4, 0.5) is 0 Å². The largest absolute Gasteiger partial charge is 0.352 e. The third-order valence-corrected chi connectivity index (χ3v) is 5.34. The normalized spacial score (nSPS) is 16.9. The van der Waals surface area contributed by atoms with Crippen molar-refractivity contribution < 1.29 is 0 Å². The van der Waals surface area contributed by atoms with Gasteiger partial charge in [-0.25, -0.2) is 0 Å². The molecule has 1 aromatic heterocycles. The van der Waals surface area contributed by atoms with Gasteiger partial charge in [-0.15, -0.1) is 24.0 Å². The van der Waals surface area contributed by atoms with Crippen molar-refractivity contribution in [2.24, 2.45) is 4.99 Å². The number of hydrogen-bond acceptors (Lipinski definition) is 3. The predicted molar refractivity (Wildman–Crippen MR) is 128 cm³/mol. The van der Waals surface area contributed by atoms with Crippen LogP contribution in [-0.4, -0.2) is 60.0 Å². The minimum Gasteiger partial charge on any atom is -0.352 e. The Hall–Kier alpha value is -1.67. The van der Waals surface area contributed by atoms with Gasteiger partial charge < -0.3 is 10.2 Å². The lowest BCUT2D eigenvalue weighted by Gasteiger charge is -2.27. The van der Waals surface area contributed by atoms with E-state index in [-0.39, 0.29) is 24.0 Å². The number of aromatic nitrogens is 1. The fourth-order valence-corrected chi connectivity index (χ4v) is 3.86. The van der Waals surface area contributed by atoms with Crippen LogP contribution in [0.3, 0.4) is 0 Å². The van der Waals surface area contributed by atoms with Gasteiger partial charge in [0.15, 0.2) is 5.96 Å². The number of likely N-dealkylation sites (N-methyl/N-ethyl adjacent to an activating group) is 1. The van der Waals surface area contributed by atoms with Crippen molar-refractivity contribution >= 4 is 29.9 Å². The molecule has 0 aliphatic carbocycles. The van der Waals surface area contributed by atoms with Gasteiger partial charge >= 0.3 is 0 Å². The standard InChI is InChI=1S/C22H31N5.HI/c1-4-26(5-2)20-12-14-27(17-20)22(23-3)25-16-18-9-8-10-19(15-18)21-11-6-7-13-24-21;/h6-11,13,15,20H,4-5,12,14,16-17H2,1-3H3,(H,23,25);1H. The summed E-state index contributed by atoms with van der Waals surface area (Å²) < 4.78 is 0. The van der Waals surface area contributed by atoms with E-state index in [0.717, 1.165) is 49.9 Å². The van der Waals surface area contributed by atoms with Crippen molar-refractivity contribution in [1.29, 1.82) is 0 Å². The molecule has 0 saturated carbocycles. The van der Waals surface area contributed by atoms with Crippen LogP contribution in [0.5, 0.6) is 0 Å². The van der Waals surface area contributed by atoms with Crippen LogP contribution in [0.15, 0.2) is 53.7 Å². The maximum Gasteiger partial charge on any atom is 0.193 e. The van der Waals surface area contributed by atoms with Crippen LogP contribution in [0.2, 0.25) is 0 Å². The summed E-state index contributed by atoms with van der Waals surface area (Å²) in [5, 5.41) is 3.54. The highest BCUT2D eigenvalue weighted by atomic mass is 127. The van der Waals surface area contributed by atoms with Crippen molar-refractivity contribution in [2.75, 3.05) is 33.2 Å². The van der Waals surface area contributed by atoms with Crippen molar-refractivity contribution in [3.05, 3.63) is 54.2 Å². The smallest absolute Gasteiger partial charge is 0.193 e. The fraction of sp³-hybridized carbons (Fsp3) is 0.455. The van der Waals surface area contributed by atoms with Crippen LogP contribution < -0.4 is 5.32 Å². The SMILES string of the molecule is CCN(CC)C1CCN(C(=NC)NCc2cccc(-c3ccccn3)c2)C1.I. The second kappa shape index (κ2) is 11.4. The molecule has 1 aliphatic rings. The van der Waals surface area contributed by atoms with E-state index in [2.05, 4.69) is 63.2 Å². The van der Waals surface area contributed by atoms with Crippen molar-refractivity contribution in [2.45, 2.75) is 32.9 Å². The second-order valence-corrected chi connectivity index (χ2v) is 6.93. The monoisotopic (exact) mass is 493 g/mol. The Bertz CT molecular complexity index is 746. The summed E-state index contributed by atoms with van der Waals surface area (Å²) >= 11 is 0. The number of nitrogens with zero attached hydrogens (tertiary/aromatic N) is 4. The van der Waals surface area contributed by atoms with Gasteiger partial charge in [-0.05, 0) is 43.3 Å². The number of pyridine rings is 1. The lowest BCUT2D eigenvalue weighted by molar-refractivity contribution is 0.223. The molecule has 1 fully saturated rings. The topological polar surface area (TPSA) is 43.8 Å². The molecule has 1 saturated heterocycles. The minimum absolute atomic E-state index is 0. The fourth-order valence-electron chi connectivity index (χ4n) is 3.86. The zero-order valence-corrected chi connectivity index (χ0v) is 19.5. The molecule has 152 valence electrons. The molecule has 0 bridgehead atoms. The van der Waals surface area contributed by atoms with Crippen LogP contribution in [0.1, 0.15) is 25.8 Å². The Morgan fingerprint density at radius 1 is 1.21 bits per heavy atom. The number of hydrogen-bond donors (Lipinski definition) is 1. The van der Waals surface area contributed by atoms with Crippen LogP contribution in [-0.2, 0) is 6.54 Å². The molecule has 5 nitrogen and oxygen atoms in total. The number of benzene rings is 1. The summed E-state index contributed by atoms with van der Waals surface area (Å²) in [4.78, 5) is 13.9. The molecule has 6 heteroatoms. The molecule has 1 atom stereocenters. The Morgan fingerprint density at radius 3 is 2.71 bits per heavy atom. The number of likely N-dealkylation sites (tertiary alicyclic amines) is 1. The highest BCUT2D eigenvalue weighted by Crippen LogP contribution is 2.18. The Kier molecular flexibility index (Phi) is 9.18. The van der Waals surface area contributed by atoms with Gasteiger partial charge in [0, 0.05) is 44.5 Å². The highest BCUT2D eigenvalue weighted by molar-refractivity contribution is 14.0. The quantitative estimate of drug-likeness (QED) is 0.377. The van der Waals surface area contributed by atoms with E-state index in [4.69, 9.17) is 0 Å². The van der Waals surface area contributed by atoms with E-state index in [0.29, 0.717) is 6.04 Å². The van der Waals surface area contributed by atoms with Gasteiger partial charge in [-0.3, -0.25) is 14.9 Å². The second-order valence-electron chi connectivity index (χ2n) is 6.93. The maximum absolute atomic E-state index is 4.51. The van der Waals surface area contributed by atoms with Gasteiger partial charge in [-0.1, -0.05) is 38.1 Å². The first-order valence-electron chi connectivity index (χ1n) is 9.95. The first kappa shape index (κ1) is 22.6. The van der Waals surface area contributed by atoms with Gasteiger partial charge in [0.25, 0.3) is 0 Å². The van der Waals surface area contributed by atoms with Crippen molar-refractivity contribution in [3.8, 4) is 11.3 Å². The van der Waals surface area contributed by atoms with E-state index in [1.807, 2.05) is 31.4 Å². The summed E-state index contributed by atoms with van der Waals surface area (Å²) in [7, 11) is 1.87. The summed E-state index contributed by atoms with van der Waals surface area (Å²) in [5.74, 6) is 0.993. The number of halogens is 1. The molecule has 2 aromatic rings. The average Bonchev–Trinajstić information content (AvgIpc) is 3.20. The molecule has 1 N–H and O–H groups in total. The Balaban J connectivity index is 0.00000280. The third kappa shape index (κ3) is 5.67. The molecule has 1 aliphatic heterocycles.